The lowest BCUT2D eigenvalue weighted by Gasteiger charge is -2.30. The van der Waals surface area contributed by atoms with E-state index in [9.17, 15) is 14.4 Å². The first-order valence-electron chi connectivity index (χ1n) is 14.0. The van der Waals surface area contributed by atoms with Crippen LogP contribution in [0.25, 0.3) is 17.4 Å². The number of benzene rings is 1. The lowest BCUT2D eigenvalue weighted by Crippen LogP contribution is -2.41. The van der Waals surface area contributed by atoms with Crippen molar-refractivity contribution in [1.29, 1.82) is 0 Å². The number of carbonyl (C=O) groups is 3. The highest BCUT2D eigenvalue weighted by Crippen LogP contribution is 2.49. The highest BCUT2D eigenvalue weighted by atomic mass is 32.2. The number of thioether (sulfide) groups is 1. The summed E-state index contributed by atoms with van der Waals surface area (Å²) in [5.74, 6) is 2.08. The summed E-state index contributed by atoms with van der Waals surface area (Å²) in [5, 5.41) is 0. The summed E-state index contributed by atoms with van der Waals surface area (Å²) in [6.45, 7) is 0.0879. The van der Waals surface area contributed by atoms with Gasteiger partial charge in [0.05, 0.1) is 32.2 Å². The van der Waals surface area contributed by atoms with Gasteiger partial charge < -0.3 is 30.1 Å². The first kappa shape index (κ1) is 30.1. The van der Waals surface area contributed by atoms with Crippen LogP contribution < -0.4 is 20.9 Å². The number of primary amides is 1. The monoisotopic (exact) mass is 613 g/mol. The van der Waals surface area contributed by atoms with Crippen molar-refractivity contribution in [1.82, 2.24) is 4.90 Å². The summed E-state index contributed by atoms with van der Waals surface area (Å²) in [6.07, 6.45) is 7.01. The van der Waals surface area contributed by atoms with E-state index in [1.165, 1.54) is 24.6 Å². The molecule has 0 radical (unpaired) electrons. The molecule has 2 aliphatic carbocycles. The number of thiocarbonyl (C=S) groups is 1. The fraction of sp³-hybridized carbons (Fsp3) is 0.467. The summed E-state index contributed by atoms with van der Waals surface area (Å²) in [5.41, 5.74) is 12.4. The van der Waals surface area contributed by atoms with Gasteiger partial charge in [0.1, 0.15) is 33.4 Å². The predicted molar refractivity (Wildman–Crippen MR) is 163 cm³/mol. The maximum absolute atomic E-state index is 13.6. The van der Waals surface area contributed by atoms with Gasteiger partial charge in [-0.3, -0.25) is 19.3 Å². The molecule has 4 unspecified atom stereocenters. The van der Waals surface area contributed by atoms with E-state index < -0.39 is 17.9 Å². The van der Waals surface area contributed by atoms with Gasteiger partial charge in [-0.25, -0.2) is 0 Å². The Morgan fingerprint density at radius 3 is 2.52 bits per heavy atom. The van der Waals surface area contributed by atoms with Crippen molar-refractivity contribution < 1.29 is 33.0 Å². The third-order valence-corrected chi connectivity index (χ3v) is 9.48. The number of nitrogens with two attached hydrogens (primary N) is 2. The fourth-order valence-corrected chi connectivity index (χ4v) is 7.45. The summed E-state index contributed by atoms with van der Waals surface area (Å²) < 4.78 is 23.0. The predicted octanol–water partition coefficient (Wildman–Crippen LogP) is 4.03. The van der Waals surface area contributed by atoms with Crippen LogP contribution in [0.3, 0.4) is 0 Å². The molecule has 2 amide bonds. The zero-order valence-electron chi connectivity index (χ0n) is 23.6. The van der Waals surface area contributed by atoms with Crippen molar-refractivity contribution in [2.24, 2.45) is 23.3 Å². The molecule has 12 heteroatoms. The molecule has 1 aromatic heterocycles. The average Bonchev–Trinajstić information content (AvgIpc) is 3.75. The summed E-state index contributed by atoms with van der Waals surface area (Å²) in [4.78, 5) is 39.1. The number of nitrogens with zero attached hydrogens (tertiary/aromatic N) is 1. The lowest BCUT2D eigenvalue weighted by molar-refractivity contribution is -0.146. The number of methoxy groups -OCH3 is 2. The Morgan fingerprint density at radius 1 is 1.17 bits per heavy atom. The van der Waals surface area contributed by atoms with E-state index in [1.54, 1.807) is 26.4 Å². The third-order valence-electron chi connectivity index (χ3n) is 8.15. The highest BCUT2D eigenvalue weighted by Gasteiger charge is 2.48. The second-order valence-electron chi connectivity index (χ2n) is 10.9. The molecule has 1 aliphatic heterocycles. The summed E-state index contributed by atoms with van der Waals surface area (Å²) in [7, 11) is 3.15. The molecule has 4 N–H and O–H groups in total. The van der Waals surface area contributed by atoms with Gasteiger partial charge >= 0.3 is 5.97 Å². The number of rotatable bonds is 12. The molecule has 1 saturated heterocycles. The normalized spacial score (nSPS) is 23.1. The minimum Gasteiger partial charge on any atom is -0.497 e. The van der Waals surface area contributed by atoms with Crippen LogP contribution in [0.2, 0.25) is 0 Å². The molecule has 2 aromatic rings. The van der Waals surface area contributed by atoms with Gasteiger partial charge in [-0.05, 0) is 67.7 Å². The molecule has 224 valence electrons. The van der Waals surface area contributed by atoms with Crippen molar-refractivity contribution in [2.75, 3.05) is 20.8 Å². The fourth-order valence-electron chi connectivity index (χ4n) is 6.11. The van der Waals surface area contributed by atoms with E-state index in [4.69, 9.17) is 42.3 Å². The topological polar surface area (TPSA) is 147 Å². The first-order valence-corrected chi connectivity index (χ1v) is 15.2. The molecule has 2 saturated carbocycles. The van der Waals surface area contributed by atoms with Crippen LogP contribution in [0.15, 0.2) is 33.6 Å². The average molecular weight is 614 g/mol. The lowest BCUT2D eigenvalue weighted by atomic mass is 9.94. The van der Waals surface area contributed by atoms with Crippen LogP contribution in [0.4, 0.5) is 0 Å². The van der Waals surface area contributed by atoms with E-state index in [-0.39, 0.29) is 25.0 Å². The second-order valence-corrected chi connectivity index (χ2v) is 12.6. The standard InChI is InChI=1S/C30H35N3O7S2/c1-37-20-10-19(11-21(13-20)38-2)24-12-18(4-3-7-39-29(36)22(31)14-27(32)34)25(40-24)15-26-28(35)33(30(41)42-26)23-9-16-5-6-17(23)8-16/h10-13,15-17,22-23H,3-9,14,31H2,1-2H3,(H2,32,34). The number of aryl methyl sites for hydroxylation is 1. The van der Waals surface area contributed by atoms with E-state index in [0.29, 0.717) is 56.9 Å². The van der Waals surface area contributed by atoms with Gasteiger partial charge in [0.15, 0.2) is 0 Å². The minimum absolute atomic E-state index is 0.0770. The summed E-state index contributed by atoms with van der Waals surface area (Å²) >= 11 is 6.98. The Morgan fingerprint density at radius 2 is 1.90 bits per heavy atom. The number of carbonyl (C=O) groups excluding carboxylic acids is 3. The molecule has 5 rings (SSSR count). The Labute approximate surface area is 254 Å². The SMILES string of the molecule is COc1cc(OC)cc(-c2cc(CCCOC(=O)C(N)CC(N)=O)c(C=C3SC(=S)N(C4CC5CCC4C5)C3=O)o2)c1. The molecule has 1 aromatic carbocycles. The number of hydrogen-bond acceptors (Lipinski definition) is 10. The smallest absolute Gasteiger partial charge is 0.323 e. The van der Waals surface area contributed by atoms with Crippen LogP contribution in [-0.4, -0.2) is 59.9 Å². The molecule has 3 fully saturated rings. The molecule has 3 aliphatic rings. The number of ether oxygens (including phenoxy) is 3. The van der Waals surface area contributed by atoms with Gasteiger partial charge in [0, 0.05) is 23.7 Å². The zero-order valence-corrected chi connectivity index (χ0v) is 25.3. The van der Waals surface area contributed by atoms with Gasteiger partial charge in [-0.1, -0.05) is 30.4 Å². The maximum Gasteiger partial charge on any atom is 0.323 e. The van der Waals surface area contributed by atoms with Crippen LogP contribution in [0, 0.1) is 11.8 Å². The number of furan rings is 1. The van der Waals surface area contributed by atoms with Crippen molar-refractivity contribution in [2.45, 2.75) is 57.0 Å². The van der Waals surface area contributed by atoms with E-state index >= 15 is 0 Å². The summed E-state index contributed by atoms with van der Waals surface area (Å²) in [6, 6.07) is 6.42. The molecule has 4 atom stereocenters. The number of fused-ring (bicyclic) bond motifs is 2. The number of esters is 1. The molecule has 2 heterocycles. The molecular formula is C30H35N3O7S2. The zero-order chi connectivity index (χ0) is 30.0. The molecule has 2 bridgehead atoms. The van der Waals surface area contributed by atoms with Crippen LogP contribution >= 0.6 is 24.0 Å². The maximum atomic E-state index is 13.6. The van der Waals surface area contributed by atoms with Crippen LogP contribution in [-0.2, 0) is 25.5 Å². The largest absolute Gasteiger partial charge is 0.497 e. The number of hydrogen-bond donors (Lipinski definition) is 2. The Balaban J connectivity index is 1.38. The first-order chi connectivity index (χ1) is 20.2. The Kier molecular flexibility index (Phi) is 9.24. The van der Waals surface area contributed by atoms with Gasteiger partial charge in [0.2, 0.25) is 5.91 Å². The molecule has 42 heavy (non-hydrogen) atoms. The van der Waals surface area contributed by atoms with Crippen molar-refractivity contribution >= 4 is 52.2 Å². The van der Waals surface area contributed by atoms with Gasteiger partial charge in [-0.15, -0.1) is 0 Å². The van der Waals surface area contributed by atoms with Gasteiger partial charge in [-0.2, -0.15) is 0 Å². The Bertz CT molecular complexity index is 1400. The van der Waals surface area contributed by atoms with E-state index in [2.05, 4.69) is 0 Å². The van der Waals surface area contributed by atoms with Crippen molar-refractivity contribution in [3.8, 4) is 22.8 Å². The number of amides is 2. The van der Waals surface area contributed by atoms with Gasteiger partial charge in [0.25, 0.3) is 5.91 Å². The Hall–Kier alpha value is -3.35. The molecular weight excluding hydrogens is 578 g/mol. The highest BCUT2D eigenvalue weighted by molar-refractivity contribution is 8.26. The molecule has 10 nitrogen and oxygen atoms in total. The second kappa shape index (κ2) is 12.9. The van der Waals surface area contributed by atoms with Crippen molar-refractivity contribution in [3.05, 3.63) is 40.5 Å². The van der Waals surface area contributed by atoms with Crippen LogP contribution in [0.1, 0.15) is 49.8 Å². The quantitative estimate of drug-likeness (QED) is 0.156. The third kappa shape index (κ3) is 6.50. The van der Waals surface area contributed by atoms with E-state index in [0.717, 1.165) is 24.0 Å². The van der Waals surface area contributed by atoms with Crippen molar-refractivity contribution in [3.63, 3.8) is 0 Å². The molecule has 0 spiro atoms. The van der Waals surface area contributed by atoms with Crippen LogP contribution in [0.5, 0.6) is 11.5 Å². The minimum atomic E-state index is -1.10. The van der Waals surface area contributed by atoms with E-state index in [1.807, 2.05) is 23.1 Å².